The van der Waals surface area contributed by atoms with Crippen molar-refractivity contribution >= 4 is 11.9 Å². The van der Waals surface area contributed by atoms with Gasteiger partial charge in [0.05, 0.1) is 80.9 Å². The van der Waals surface area contributed by atoms with Crippen molar-refractivity contribution in [2.24, 2.45) is 0 Å². The second-order valence-electron chi connectivity index (χ2n) is 18.0. The normalized spacial score (nSPS) is 28.1. The van der Waals surface area contributed by atoms with E-state index < -0.39 is 0 Å². The number of piperidine rings is 2. The van der Waals surface area contributed by atoms with E-state index in [0.717, 1.165) is 129 Å². The zero-order valence-corrected chi connectivity index (χ0v) is 37.2. The third-order valence-electron chi connectivity index (χ3n) is 14.5. The molecule has 59 heavy (non-hydrogen) atoms. The molecule has 2 aromatic rings. The van der Waals surface area contributed by atoms with E-state index in [2.05, 4.69) is 38.4 Å². The zero-order chi connectivity index (χ0) is 42.2. The van der Waals surface area contributed by atoms with Gasteiger partial charge in [-0.15, -0.1) is 0 Å². The number of methoxy groups -OCH3 is 6. The molecule has 0 spiro atoms. The zero-order valence-electron chi connectivity index (χ0n) is 37.2. The Bertz CT molecular complexity index is 1530. The predicted octanol–water partition coefficient (Wildman–Crippen LogP) is 8.32. The molecule has 4 aliphatic heterocycles. The standard InChI is InChI=1S/C47H72N2O10/c1-48(30-32-22-40(52-3)46(56-7)41(23-32)53-4)34-18-19-35(48)27-38(26-34)58-44(50)16-14-12-10-9-11-13-15-17-45(51)59-39-28-36-20-21-37(29-39)49(36,2)31-33-24-42(54-5)47(57-8)43(25-33)55-6/h22-25,34-39H,9-21,26-31H2,1-8H3/q+2/t34-,35+,36-,37+,38?,39?,48?,49?. The van der Waals surface area contributed by atoms with Crippen LogP contribution in [-0.4, -0.2) is 114 Å². The van der Waals surface area contributed by atoms with E-state index in [-0.39, 0.29) is 24.1 Å². The maximum atomic E-state index is 12.9. The average Bonchev–Trinajstić information content (AvgIpc) is 3.44. The number of hydrogen-bond acceptors (Lipinski definition) is 10. The molecular formula is C47H72N2O10+2. The van der Waals surface area contributed by atoms with Gasteiger partial charge in [-0.1, -0.05) is 32.1 Å². The van der Waals surface area contributed by atoms with Crippen LogP contribution in [0, 0.1) is 0 Å². The summed E-state index contributed by atoms with van der Waals surface area (Å²) in [6, 6.07) is 10.1. The quantitative estimate of drug-likeness (QED) is 0.0654. The summed E-state index contributed by atoms with van der Waals surface area (Å²) in [6.07, 6.45) is 16.3. The molecule has 0 N–H and O–H groups in total. The summed E-state index contributed by atoms with van der Waals surface area (Å²) in [5.74, 6) is 3.83. The lowest BCUT2D eigenvalue weighted by Crippen LogP contribution is -2.58. The highest BCUT2D eigenvalue weighted by Crippen LogP contribution is 2.47. The molecule has 0 aliphatic carbocycles. The lowest BCUT2D eigenvalue weighted by Gasteiger charge is -2.47. The van der Waals surface area contributed by atoms with Crippen molar-refractivity contribution in [1.29, 1.82) is 0 Å². The second-order valence-corrected chi connectivity index (χ2v) is 18.0. The molecule has 328 valence electrons. The van der Waals surface area contributed by atoms with Crippen molar-refractivity contribution in [1.82, 2.24) is 0 Å². The molecular weight excluding hydrogens is 753 g/mol. The Morgan fingerprint density at radius 1 is 0.475 bits per heavy atom. The summed E-state index contributed by atoms with van der Waals surface area (Å²) >= 11 is 0. The summed E-state index contributed by atoms with van der Waals surface area (Å²) in [4.78, 5) is 25.7. The van der Waals surface area contributed by atoms with Crippen LogP contribution in [0.3, 0.4) is 0 Å². The van der Waals surface area contributed by atoms with Gasteiger partial charge in [0.2, 0.25) is 11.5 Å². The van der Waals surface area contributed by atoms with Crippen molar-refractivity contribution in [3.05, 3.63) is 35.4 Å². The largest absolute Gasteiger partial charge is 0.493 e. The Kier molecular flexibility index (Phi) is 15.2. The van der Waals surface area contributed by atoms with E-state index in [1.165, 1.54) is 0 Å². The number of hydrogen-bond donors (Lipinski definition) is 0. The topological polar surface area (TPSA) is 108 Å². The minimum absolute atomic E-state index is 0.00527. The molecule has 4 heterocycles. The van der Waals surface area contributed by atoms with Gasteiger partial charge in [-0.25, -0.2) is 0 Å². The fourth-order valence-corrected chi connectivity index (χ4v) is 11.2. The summed E-state index contributed by atoms with van der Waals surface area (Å²) in [5.41, 5.74) is 2.32. The number of fused-ring (bicyclic) bond motifs is 4. The SMILES string of the molecule is COc1cc(C[N+]2(C)[C@@H]3CC[C@H]2CC(OC(=O)CCCCCCCCCC(=O)OC2C[C@H]4CC[C@@H](C2)[N+]4(C)Cc2cc(OC)c(OC)c(OC)c2)C3)cc(OC)c1OC. The van der Waals surface area contributed by atoms with E-state index in [1.54, 1.807) is 42.7 Å². The van der Waals surface area contributed by atoms with Crippen molar-refractivity contribution in [3.8, 4) is 34.5 Å². The molecule has 4 fully saturated rings. The minimum Gasteiger partial charge on any atom is -0.493 e. The molecule has 0 aromatic heterocycles. The number of carbonyl (C=O) groups is 2. The first-order valence-electron chi connectivity index (χ1n) is 22.1. The fourth-order valence-electron chi connectivity index (χ4n) is 11.2. The highest BCUT2D eigenvalue weighted by atomic mass is 16.6. The summed E-state index contributed by atoms with van der Waals surface area (Å²) in [5, 5.41) is 0. The van der Waals surface area contributed by atoms with Crippen molar-refractivity contribution in [3.63, 3.8) is 0 Å². The number of nitrogens with zero attached hydrogens (tertiary/aromatic N) is 2. The predicted molar refractivity (Wildman–Crippen MR) is 225 cm³/mol. The van der Waals surface area contributed by atoms with Gasteiger partial charge >= 0.3 is 11.9 Å². The Morgan fingerprint density at radius 3 is 1.03 bits per heavy atom. The highest BCUT2D eigenvalue weighted by molar-refractivity contribution is 5.70. The molecule has 2 aromatic carbocycles. The van der Waals surface area contributed by atoms with Crippen LogP contribution in [0.4, 0.5) is 0 Å². The second kappa shape index (κ2) is 20.1. The fraction of sp³-hybridized carbons (Fsp3) is 0.702. The molecule has 6 rings (SSSR count). The van der Waals surface area contributed by atoms with E-state index in [9.17, 15) is 9.59 Å². The first kappa shape index (κ1) is 44.6. The molecule has 8 atom stereocenters. The molecule has 4 saturated heterocycles. The molecule has 12 heteroatoms. The number of unbranched alkanes of at least 4 members (excludes halogenated alkanes) is 6. The molecule has 4 bridgehead atoms. The monoisotopic (exact) mass is 825 g/mol. The highest BCUT2D eigenvalue weighted by Gasteiger charge is 2.53. The number of esters is 2. The van der Waals surface area contributed by atoms with Gasteiger partial charge in [0.15, 0.2) is 23.0 Å². The summed E-state index contributed by atoms with van der Waals surface area (Å²) in [6.45, 7) is 1.75. The van der Waals surface area contributed by atoms with Crippen LogP contribution >= 0.6 is 0 Å². The minimum atomic E-state index is -0.0539. The van der Waals surface area contributed by atoms with Gasteiger partial charge < -0.3 is 46.9 Å². The van der Waals surface area contributed by atoms with Gasteiger partial charge in [0.25, 0.3) is 0 Å². The molecule has 0 radical (unpaired) electrons. The summed E-state index contributed by atoms with van der Waals surface area (Å²) < 4.78 is 47.5. The van der Waals surface area contributed by atoms with E-state index in [4.69, 9.17) is 37.9 Å². The third-order valence-corrected chi connectivity index (χ3v) is 14.5. The van der Waals surface area contributed by atoms with Gasteiger partial charge in [-0.3, -0.25) is 9.59 Å². The molecule has 4 aliphatic rings. The first-order valence-corrected chi connectivity index (χ1v) is 22.1. The average molecular weight is 825 g/mol. The molecule has 12 nitrogen and oxygen atoms in total. The third kappa shape index (κ3) is 10.2. The maximum absolute atomic E-state index is 12.9. The van der Waals surface area contributed by atoms with Crippen molar-refractivity contribution < 1.29 is 56.5 Å². The van der Waals surface area contributed by atoms with Crippen LogP contribution in [0.2, 0.25) is 0 Å². The van der Waals surface area contributed by atoms with Crippen LogP contribution in [0.25, 0.3) is 0 Å². The van der Waals surface area contributed by atoms with Crippen LogP contribution in [0.15, 0.2) is 24.3 Å². The van der Waals surface area contributed by atoms with Crippen molar-refractivity contribution in [2.75, 3.05) is 56.8 Å². The Morgan fingerprint density at radius 2 is 0.763 bits per heavy atom. The lowest BCUT2D eigenvalue weighted by molar-refractivity contribution is -0.961. The van der Waals surface area contributed by atoms with Crippen LogP contribution < -0.4 is 28.4 Å². The van der Waals surface area contributed by atoms with Crippen molar-refractivity contribution in [2.45, 2.75) is 159 Å². The van der Waals surface area contributed by atoms with Crippen LogP contribution in [0.5, 0.6) is 34.5 Å². The molecule has 4 unspecified atom stereocenters. The van der Waals surface area contributed by atoms with E-state index in [0.29, 0.717) is 71.5 Å². The Hall–Kier alpha value is -3.90. The number of ether oxygens (including phenoxy) is 8. The maximum Gasteiger partial charge on any atom is 0.306 e. The van der Waals surface area contributed by atoms with E-state index >= 15 is 0 Å². The number of carbonyl (C=O) groups excluding carboxylic acids is 2. The smallest absolute Gasteiger partial charge is 0.306 e. The van der Waals surface area contributed by atoms with Crippen LogP contribution in [0.1, 0.15) is 120 Å². The van der Waals surface area contributed by atoms with Gasteiger partial charge in [0.1, 0.15) is 25.3 Å². The van der Waals surface area contributed by atoms with Gasteiger partial charge in [-0.2, -0.15) is 0 Å². The number of rotatable bonds is 22. The number of benzene rings is 2. The summed E-state index contributed by atoms with van der Waals surface area (Å²) in [7, 11) is 14.6. The molecule has 0 saturated carbocycles. The number of quaternary nitrogens is 2. The first-order chi connectivity index (χ1) is 28.5. The van der Waals surface area contributed by atoms with Crippen LogP contribution in [-0.2, 0) is 32.2 Å². The molecule has 0 amide bonds. The Balaban J connectivity index is 0.825. The van der Waals surface area contributed by atoms with E-state index in [1.807, 2.05) is 0 Å². The lowest BCUT2D eigenvalue weighted by atomic mass is 9.95. The van der Waals surface area contributed by atoms with Gasteiger partial charge in [0, 0.05) is 75.3 Å². The Labute approximate surface area is 352 Å². The van der Waals surface area contributed by atoms with Gasteiger partial charge in [-0.05, 0) is 37.1 Å².